The van der Waals surface area contributed by atoms with Gasteiger partial charge in [-0.15, -0.1) is 11.3 Å². The van der Waals surface area contributed by atoms with Crippen molar-refractivity contribution in [2.24, 2.45) is 0 Å². The summed E-state index contributed by atoms with van der Waals surface area (Å²) in [5.41, 5.74) is 3.33. The number of rotatable bonds is 6. The summed E-state index contributed by atoms with van der Waals surface area (Å²) in [6.45, 7) is 2.29. The van der Waals surface area contributed by atoms with Crippen molar-refractivity contribution in [2.45, 2.75) is 19.1 Å². The zero-order valence-electron chi connectivity index (χ0n) is 11.0. The molecule has 0 bridgehead atoms. The number of sulfonamides is 1. The predicted molar refractivity (Wildman–Crippen MR) is 82.6 cm³/mol. The SMILES string of the molecule is Cc1ncsc1CCNS(=O)(=O)Cc1ccccc1Cl. The van der Waals surface area contributed by atoms with Crippen LogP contribution in [0.25, 0.3) is 0 Å². The van der Waals surface area contributed by atoms with E-state index in [1.54, 1.807) is 29.8 Å². The maximum atomic E-state index is 12.0. The van der Waals surface area contributed by atoms with Gasteiger partial charge in [-0.05, 0) is 25.0 Å². The highest BCUT2D eigenvalue weighted by Gasteiger charge is 2.13. The fraction of sp³-hybridized carbons (Fsp3) is 0.308. The Morgan fingerprint density at radius 2 is 2.10 bits per heavy atom. The Bertz CT molecular complexity index is 683. The maximum Gasteiger partial charge on any atom is 0.215 e. The Morgan fingerprint density at radius 3 is 2.75 bits per heavy atom. The van der Waals surface area contributed by atoms with Crippen LogP contribution in [0.3, 0.4) is 0 Å². The van der Waals surface area contributed by atoms with Gasteiger partial charge in [-0.1, -0.05) is 29.8 Å². The second-order valence-electron chi connectivity index (χ2n) is 4.36. The minimum absolute atomic E-state index is 0.103. The third-order valence-corrected chi connectivity index (χ3v) is 5.52. The molecule has 1 aromatic heterocycles. The molecule has 2 rings (SSSR count). The van der Waals surface area contributed by atoms with Crippen LogP contribution in [0.2, 0.25) is 5.02 Å². The van der Waals surface area contributed by atoms with Crippen LogP contribution >= 0.6 is 22.9 Å². The van der Waals surface area contributed by atoms with Crippen molar-refractivity contribution < 1.29 is 8.42 Å². The van der Waals surface area contributed by atoms with Crippen molar-refractivity contribution >= 4 is 33.0 Å². The molecular weight excluding hydrogens is 316 g/mol. The average molecular weight is 331 g/mol. The van der Waals surface area contributed by atoms with Gasteiger partial charge in [0, 0.05) is 16.4 Å². The zero-order chi connectivity index (χ0) is 14.6. The Kier molecular flexibility index (Phi) is 5.15. The van der Waals surface area contributed by atoms with E-state index in [0.29, 0.717) is 23.6 Å². The molecule has 7 heteroatoms. The van der Waals surface area contributed by atoms with Gasteiger partial charge < -0.3 is 0 Å². The number of hydrogen-bond donors (Lipinski definition) is 1. The Balaban J connectivity index is 1.92. The number of aromatic nitrogens is 1. The predicted octanol–water partition coefficient (Wildman–Crippen LogP) is 2.77. The number of nitrogens with one attached hydrogen (secondary N) is 1. The van der Waals surface area contributed by atoms with Gasteiger partial charge in [0.05, 0.1) is 17.0 Å². The largest absolute Gasteiger partial charge is 0.250 e. The molecule has 1 N–H and O–H groups in total. The first kappa shape index (κ1) is 15.4. The van der Waals surface area contributed by atoms with Crippen LogP contribution in [0.5, 0.6) is 0 Å². The topological polar surface area (TPSA) is 59.1 Å². The molecule has 0 radical (unpaired) electrons. The minimum Gasteiger partial charge on any atom is -0.250 e. The van der Waals surface area contributed by atoms with Gasteiger partial charge in [-0.25, -0.2) is 18.1 Å². The minimum atomic E-state index is -3.37. The van der Waals surface area contributed by atoms with Crippen LogP contribution in [0.15, 0.2) is 29.8 Å². The van der Waals surface area contributed by atoms with Crippen LogP contribution in [-0.2, 0) is 22.2 Å². The van der Waals surface area contributed by atoms with Crippen LogP contribution in [0.4, 0.5) is 0 Å². The summed E-state index contributed by atoms with van der Waals surface area (Å²) in [7, 11) is -3.37. The first-order chi connectivity index (χ1) is 9.48. The second kappa shape index (κ2) is 6.67. The second-order valence-corrected chi connectivity index (χ2v) is 7.51. The molecule has 20 heavy (non-hydrogen) atoms. The Labute approximate surface area is 127 Å². The highest BCUT2D eigenvalue weighted by Crippen LogP contribution is 2.17. The highest BCUT2D eigenvalue weighted by molar-refractivity contribution is 7.88. The van der Waals surface area contributed by atoms with Crippen molar-refractivity contribution in [2.75, 3.05) is 6.54 Å². The van der Waals surface area contributed by atoms with Gasteiger partial charge in [0.25, 0.3) is 0 Å². The van der Waals surface area contributed by atoms with E-state index < -0.39 is 10.0 Å². The third-order valence-electron chi connectivity index (χ3n) is 2.82. The van der Waals surface area contributed by atoms with E-state index in [0.717, 1.165) is 10.6 Å². The first-order valence-electron chi connectivity index (χ1n) is 6.07. The smallest absolute Gasteiger partial charge is 0.215 e. The standard InChI is InChI=1S/C13H15ClN2O2S2/c1-10-13(19-9-15-10)6-7-16-20(17,18)8-11-4-2-3-5-12(11)14/h2-5,9,16H,6-8H2,1H3. The highest BCUT2D eigenvalue weighted by atomic mass is 35.5. The van der Waals surface area contributed by atoms with Crippen LogP contribution < -0.4 is 4.72 Å². The van der Waals surface area contributed by atoms with Crippen molar-refractivity contribution in [3.8, 4) is 0 Å². The molecule has 0 aliphatic rings. The first-order valence-corrected chi connectivity index (χ1v) is 8.98. The number of thiazole rings is 1. The van der Waals surface area contributed by atoms with Gasteiger partial charge in [0.2, 0.25) is 10.0 Å². The molecule has 0 aliphatic heterocycles. The van der Waals surface area contributed by atoms with Crippen molar-refractivity contribution in [1.82, 2.24) is 9.71 Å². The molecule has 1 aromatic carbocycles. The normalized spacial score (nSPS) is 11.7. The van der Waals surface area contributed by atoms with Crippen LogP contribution in [0.1, 0.15) is 16.1 Å². The number of benzene rings is 1. The van der Waals surface area contributed by atoms with Crippen LogP contribution in [-0.4, -0.2) is 19.9 Å². The Morgan fingerprint density at radius 1 is 1.35 bits per heavy atom. The van der Waals surface area contributed by atoms with E-state index in [1.807, 2.05) is 6.92 Å². The summed E-state index contributed by atoms with van der Waals surface area (Å²) in [6.07, 6.45) is 0.651. The third kappa shape index (κ3) is 4.28. The zero-order valence-corrected chi connectivity index (χ0v) is 13.4. The fourth-order valence-corrected chi connectivity index (χ4v) is 4.00. The number of aryl methyl sites for hydroxylation is 1. The fourth-order valence-electron chi connectivity index (χ4n) is 1.76. The average Bonchev–Trinajstić information content (AvgIpc) is 2.78. The van der Waals surface area contributed by atoms with Gasteiger partial charge in [0.15, 0.2) is 0 Å². The lowest BCUT2D eigenvalue weighted by Crippen LogP contribution is -2.27. The molecule has 0 aliphatic carbocycles. The van der Waals surface area contributed by atoms with Crippen LogP contribution in [0, 0.1) is 6.92 Å². The van der Waals surface area contributed by atoms with Gasteiger partial charge in [-0.2, -0.15) is 0 Å². The molecule has 0 saturated carbocycles. The number of nitrogens with zero attached hydrogens (tertiary/aromatic N) is 1. The molecule has 2 aromatic rings. The van der Waals surface area contributed by atoms with E-state index in [9.17, 15) is 8.42 Å². The summed E-state index contributed by atoms with van der Waals surface area (Å²) >= 11 is 7.51. The monoisotopic (exact) mass is 330 g/mol. The lowest BCUT2D eigenvalue weighted by Gasteiger charge is -2.07. The van der Waals surface area contributed by atoms with E-state index in [4.69, 9.17) is 11.6 Å². The van der Waals surface area contributed by atoms with Crippen molar-refractivity contribution in [3.63, 3.8) is 0 Å². The summed E-state index contributed by atoms with van der Waals surface area (Å²) in [4.78, 5) is 5.24. The molecule has 0 saturated heterocycles. The molecule has 1 heterocycles. The molecule has 0 fully saturated rings. The Hall–Kier alpha value is -0.950. The van der Waals surface area contributed by atoms with E-state index in [2.05, 4.69) is 9.71 Å². The summed E-state index contributed by atoms with van der Waals surface area (Å²) in [6, 6.07) is 6.96. The maximum absolute atomic E-state index is 12.0. The van der Waals surface area contributed by atoms with Crippen molar-refractivity contribution in [3.05, 3.63) is 50.9 Å². The van der Waals surface area contributed by atoms with Gasteiger partial charge >= 0.3 is 0 Å². The quantitative estimate of drug-likeness (QED) is 0.886. The molecule has 0 atom stereocenters. The molecule has 0 unspecified atom stereocenters. The van der Waals surface area contributed by atoms with E-state index in [-0.39, 0.29) is 5.75 Å². The summed E-state index contributed by atoms with van der Waals surface area (Å²) in [5, 5.41) is 0.469. The molecule has 0 spiro atoms. The van der Waals surface area contributed by atoms with Gasteiger partial charge in [0.1, 0.15) is 0 Å². The van der Waals surface area contributed by atoms with Gasteiger partial charge in [-0.3, -0.25) is 0 Å². The number of halogens is 1. The lowest BCUT2D eigenvalue weighted by atomic mass is 10.2. The molecule has 108 valence electrons. The summed E-state index contributed by atoms with van der Waals surface area (Å²) in [5.74, 6) is -0.103. The molecule has 4 nitrogen and oxygen atoms in total. The molecule has 0 amide bonds. The van der Waals surface area contributed by atoms with E-state index in [1.165, 1.54) is 11.3 Å². The van der Waals surface area contributed by atoms with E-state index >= 15 is 0 Å². The molecular formula is C13H15ClN2O2S2. The number of hydrogen-bond acceptors (Lipinski definition) is 4. The summed E-state index contributed by atoms with van der Waals surface area (Å²) < 4.78 is 26.6. The lowest BCUT2D eigenvalue weighted by molar-refractivity contribution is 0.581. The van der Waals surface area contributed by atoms with Crippen molar-refractivity contribution in [1.29, 1.82) is 0 Å².